The fraction of sp³-hybridized carbons (Fsp3) is 0. The standard InChI is InChI=1S/C11H7ClN4O4S/c12-7-3-5(16(19)20)1-2-6(7)10(18)15-11-14-4-8(21-11)9(13)17/h1-4H,(H2,13,17)(H,14,15,18). The molecule has 0 aliphatic rings. The Morgan fingerprint density at radius 2 is 2.14 bits per heavy atom. The second kappa shape index (κ2) is 5.85. The summed E-state index contributed by atoms with van der Waals surface area (Å²) in [6.45, 7) is 0. The monoisotopic (exact) mass is 326 g/mol. The van der Waals surface area contributed by atoms with Gasteiger partial charge in [-0.2, -0.15) is 0 Å². The first-order valence-corrected chi connectivity index (χ1v) is 6.59. The lowest BCUT2D eigenvalue weighted by Gasteiger charge is -2.03. The minimum absolute atomic E-state index is 0.0538. The zero-order valence-corrected chi connectivity index (χ0v) is 11.8. The Balaban J connectivity index is 2.20. The van der Waals surface area contributed by atoms with Gasteiger partial charge in [0, 0.05) is 12.1 Å². The van der Waals surface area contributed by atoms with Crippen LogP contribution < -0.4 is 11.1 Å². The molecule has 0 aliphatic heterocycles. The van der Waals surface area contributed by atoms with Gasteiger partial charge in [-0.25, -0.2) is 4.98 Å². The van der Waals surface area contributed by atoms with Crippen molar-refractivity contribution in [2.75, 3.05) is 5.32 Å². The minimum atomic E-state index is -0.652. The van der Waals surface area contributed by atoms with E-state index in [9.17, 15) is 19.7 Å². The quantitative estimate of drug-likeness (QED) is 0.656. The average Bonchev–Trinajstić information content (AvgIpc) is 2.87. The number of thiazole rings is 1. The molecule has 0 saturated heterocycles. The minimum Gasteiger partial charge on any atom is -0.365 e. The van der Waals surface area contributed by atoms with Gasteiger partial charge in [0.1, 0.15) is 4.88 Å². The van der Waals surface area contributed by atoms with Crippen LogP contribution >= 0.6 is 22.9 Å². The van der Waals surface area contributed by atoms with E-state index in [0.29, 0.717) is 0 Å². The van der Waals surface area contributed by atoms with Crippen LogP contribution in [0.4, 0.5) is 10.8 Å². The molecule has 1 aromatic carbocycles. The van der Waals surface area contributed by atoms with E-state index in [1.807, 2.05) is 0 Å². The van der Waals surface area contributed by atoms with E-state index in [4.69, 9.17) is 17.3 Å². The average molecular weight is 327 g/mol. The van der Waals surface area contributed by atoms with E-state index in [-0.39, 0.29) is 26.3 Å². The van der Waals surface area contributed by atoms with Gasteiger partial charge >= 0.3 is 0 Å². The zero-order chi connectivity index (χ0) is 15.6. The maximum Gasteiger partial charge on any atom is 0.270 e. The number of nitrogens with zero attached hydrogens (tertiary/aromatic N) is 2. The lowest BCUT2D eigenvalue weighted by Crippen LogP contribution is -2.12. The molecule has 108 valence electrons. The lowest BCUT2D eigenvalue weighted by molar-refractivity contribution is -0.384. The number of nitrogens with two attached hydrogens (primary N) is 1. The van der Waals surface area contributed by atoms with Crippen LogP contribution in [0.1, 0.15) is 20.0 Å². The number of hydrogen-bond donors (Lipinski definition) is 2. The molecule has 2 aromatic rings. The number of primary amides is 1. The number of hydrogen-bond acceptors (Lipinski definition) is 6. The summed E-state index contributed by atoms with van der Waals surface area (Å²) < 4.78 is 0. The molecule has 2 rings (SSSR count). The molecule has 0 unspecified atom stereocenters. The van der Waals surface area contributed by atoms with Crippen molar-refractivity contribution in [2.45, 2.75) is 0 Å². The topological polar surface area (TPSA) is 128 Å². The number of aromatic nitrogens is 1. The molecule has 8 nitrogen and oxygen atoms in total. The number of non-ortho nitro benzene ring substituents is 1. The first kappa shape index (κ1) is 14.9. The second-order valence-corrected chi connectivity index (χ2v) is 5.21. The molecule has 10 heteroatoms. The van der Waals surface area contributed by atoms with Gasteiger partial charge in [-0.15, -0.1) is 0 Å². The van der Waals surface area contributed by atoms with Crippen molar-refractivity contribution < 1.29 is 14.5 Å². The highest BCUT2D eigenvalue weighted by atomic mass is 35.5. The summed E-state index contributed by atoms with van der Waals surface area (Å²) in [6.07, 6.45) is 1.24. The van der Waals surface area contributed by atoms with Crippen LogP contribution in [0.2, 0.25) is 5.02 Å². The van der Waals surface area contributed by atoms with Gasteiger partial charge in [-0.05, 0) is 6.07 Å². The lowest BCUT2D eigenvalue weighted by atomic mass is 10.2. The van der Waals surface area contributed by atoms with Gasteiger partial charge < -0.3 is 5.73 Å². The largest absolute Gasteiger partial charge is 0.365 e. The van der Waals surface area contributed by atoms with Gasteiger partial charge in [-0.3, -0.25) is 25.0 Å². The van der Waals surface area contributed by atoms with E-state index in [1.54, 1.807) is 0 Å². The van der Waals surface area contributed by atoms with E-state index >= 15 is 0 Å². The van der Waals surface area contributed by atoms with Crippen LogP contribution in [0.5, 0.6) is 0 Å². The summed E-state index contributed by atoms with van der Waals surface area (Å²) in [6, 6.07) is 3.48. The van der Waals surface area contributed by atoms with E-state index in [2.05, 4.69) is 10.3 Å². The number of amides is 2. The first-order chi connectivity index (χ1) is 9.88. The van der Waals surface area contributed by atoms with Gasteiger partial charge in [0.2, 0.25) is 0 Å². The van der Waals surface area contributed by atoms with Crippen molar-refractivity contribution in [3.8, 4) is 0 Å². The maximum absolute atomic E-state index is 12.0. The fourth-order valence-corrected chi connectivity index (χ4v) is 2.34. The highest BCUT2D eigenvalue weighted by Gasteiger charge is 2.16. The van der Waals surface area contributed by atoms with Crippen LogP contribution in [0.15, 0.2) is 24.4 Å². The van der Waals surface area contributed by atoms with E-state index < -0.39 is 16.7 Å². The Hall–Kier alpha value is -2.52. The molecule has 0 spiro atoms. The number of anilines is 1. The highest BCUT2D eigenvalue weighted by molar-refractivity contribution is 7.17. The number of benzene rings is 1. The van der Waals surface area contributed by atoms with Crippen molar-refractivity contribution in [3.63, 3.8) is 0 Å². The van der Waals surface area contributed by atoms with Gasteiger partial charge in [0.15, 0.2) is 5.13 Å². The number of carbonyl (C=O) groups is 2. The van der Waals surface area contributed by atoms with Crippen LogP contribution in [0, 0.1) is 10.1 Å². The summed E-state index contributed by atoms with van der Waals surface area (Å²) in [7, 11) is 0. The van der Waals surface area contributed by atoms with Crippen LogP contribution in [-0.4, -0.2) is 21.7 Å². The number of rotatable bonds is 4. The molecule has 0 fully saturated rings. The number of carbonyl (C=O) groups excluding carboxylic acids is 2. The summed E-state index contributed by atoms with van der Waals surface area (Å²) in [5.74, 6) is -1.25. The molecule has 2 amide bonds. The third kappa shape index (κ3) is 3.33. The Bertz CT molecular complexity index is 746. The zero-order valence-electron chi connectivity index (χ0n) is 10.2. The first-order valence-electron chi connectivity index (χ1n) is 5.39. The summed E-state index contributed by atoms with van der Waals surface area (Å²) in [4.78, 5) is 36.9. The Morgan fingerprint density at radius 1 is 1.43 bits per heavy atom. The van der Waals surface area contributed by atoms with Gasteiger partial charge in [0.25, 0.3) is 17.5 Å². The normalized spacial score (nSPS) is 10.1. The Kier molecular flexibility index (Phi) is 4.15. The van der Waals surface area contributed by atoms with Crippen LogP contribution in [-0.2, 0) is 0 Å². The Morgan fingerprint density at radius 3 is 2.67 bits per heavy atom. The molecular formula is C11H7ClN4O4S. The predicted molar refractivity (Wildman–Crippen MR) is 76.7 cm³/mol. The fourth-order valence-electron chi connectivity index (χ4n) is 1.41. The molecule has 0 radical (unpaired) electrons. The summed E-state index contributed by atoms with van der Waals surface area (Å²) in [5.41, 5.74) is 4.91. The van der Waals surface area contributed by atoms with Crippen molar-refractivity contribution in [3.05, 3.63) is 50.0 Å². The van der Waals surface area contributed by atoms with E-state index in [1.165, 1.54) is 12.3 Å². The third-order valence-electron chi connectivity index (χ3n) is 2.38. The number of nitro groups is 1. The molecule has 1 heterocycles. The second-order valence-electron chi connectivity index (χ2n) is 3.77. The summed E-state index contributed by atoms with van der Waals surface area (Å²) in [5, 5.41) is 13.1. The van der Waals surface area contributed by atoms with Crippen LogP contribution in [0.25, 0.3) is 0 Å². The van der Waals surface area contributed by atoms with Crippen molar-refractivity contribution in [1.29, 1.82) is 0 Å². The van der Waals surface area contributed by atoms with Crippen molar-refractivity contribution in [2.24, 2.45) is 5.73 Å². The summed E-state index contributed by atoms with van der Waals surface area (Å²) >= 11 is 6.74. The maximum atomic E-state index is 12.0. The molecular weight excluding hydrogens is 320 g/mol. The molecule has 0 saturated carbocycles. The number of halogens is 1. The Labute approximate surface area is 126 Å². The van der Waals surface area contributed by atoms with Crippen molar-refractivity contribution in [1.82, 2.24) is 4.98 Å². The van der Waals surface area contributed by atoms with Crippen LogP contribution in [0.3, 0.4) is 0 Å². The molecule has 0 aliphatic carbocycles. The molecule has 0 bridgehead atoms. The van der Waals surface area contributed by atoms with Gasteiger partial charge in [0.05, 0.1) is 21.7 Å². The van der Waals surface area contributed by atoms with Gasteiger partial charge in [-0.1, -0.05) is 22.9 Å². The predicted octanol–water partition coefficient (Wildman–Crippen LogP) is 2.06. The number of nitrogens with one attached hydrogen (secondary N) is 1. The van der Waals surface area contributed by atoms with Crippen molar-refractivity contribution >= 4 is 45.6 Å². The molecule has 21 heavy (non-hydrogen) atoms. The molecule has 0 atom stereocenters. The molecule has 1 aromatic heterocycles. The number of nitro benzene ring substituents is 1. The highest BCUT2D eigenvalue weighted by Crippen LogP contribution is 2.24. The van der Waals surface area contributed by atoms with E-state index in [0.717, 1.165) is 23.5 Å². The molecule has 3 N–H and O–H groups in total. The third-order valence-corrected chi connectivity index (χ3v) is 3.62. The smallest absolute Gasteiger partial charge is 0.270 e. The SMILES string of the molecule is NC(=O)c1cnc(NC(=O)c2ccc([N+](=O)[O-])cc2Cl)s1.